The number of hydrogen-bond donors (Lipinski definition) is 1. The van der Waals surface area contributed by atoms with Crippen molar-refractivity contribution in [3.05, 3.63) is 35.9 Å². The van der Waals surface area contributed by atoms with E-state index in [0.29, 0.717) is 23.7 Å². The molecule has 2 atom stereocenters. The molecule has 1 aromatic carbocycles. The van der Waals surface area contributed by atoms with E-state index in [1.54, 1.807) is 0 Å². The largest absolute Gasteiger partial charge is 0.362 e. The van der Waals surface area contributed by atoms with Crippen LogP contribution in [0.25, 0.3) is 0 Å². The summed E-state index contributed by atoms with van der Waals surface area (Å²) < 4.78 is 31.7. The van der Waals surface area contributed by atoms with Gasteiger partial charge in [-0.2, -0.15) is 8.42 Å². The molecular formula is C14H16N2O5S. The number of carbonyl (C=O) groups excluding carboxylic acids is 2. The summed E-state index contributed by atoms with van der Waals surface area (Å²) in [5.41, 5.74) is 1.03. The van der Waals surface area contributed by atoms with Crippen LogP contribution < -0.4 is 0 Å². The predicted molar refractivity (Wildman–Crippen MR) is 77.1 cm³/mol. The van der Waals surface area contributed by atoms with Gasteiger partial charge in [0.2, 0.25) is 5.91 Å². The van der Waals surface area contributed by atoms with E-state index >= 15 is 0 Å². The molecular weight excluding hydrogens is 308 g/mol. The van der Waals surface area contributed by atoms with Crippen LogP contribution in [0.3, 0.4) is 0 Å². The van der Waals surface area contributed by atoms with Gasteiger partial charge in [0.25, 0.3) is 5.91 Å². The summed E-state index contributed by atoms with van der Waals surface area (Å²) in [5, 5.41) is 0. The molecule has 0 bridgehead atoms. The average molecular weight is 324 g/mol. The SMILES string of the molecule is O=C(CCc1ccccc1)N1CC[C@@H]2[C@@H]1C(=O)N2S(=O)(=O)O. The first-order chi connectivity index (χ1) is 10.4. The third-order valence-electron chi connectivity index (χ3n) is 4.18. The van der Waals surface area contributed by atoms with Gasteiger partial charge in [-0.3, -0.25) is 14.1 Å². The Hall–Kier alpha value is -1.93. The molecule has 1 aromatic rings. The van der Waals surface area contributed by atoms with Crippen molar-refractivity contribution in [3.8, 4) is 0 Å². The van der Waals surface area contributed by atoms with E-state index in [1.807, 2.05) is 30.3 Å². The molecule has 0 aromatic heterocycles. The molecule has 0 unspecified atom stereocenters. The molecule has 0 spiro atoms. The first-order valence-corrected chi connectivity index (χ1v) is 8.43. The minimum atomic E-state index is -4.53. The Kier molecular flexibility index (Phi) is 3.65. The van der Waals surface area contributed by atoms with Crippen LogP contribution >= 0.6 is 0 Å². The number of hydrogen-bond acceptors (Lipinski definition) is 4. The fraction of sp³-hybridized carbons (Fsp3) is 0.429. The second kappa shape index (κ2) is 5.36. The molecule has 22 heavy (non-hydrogen) atoms. The number of amides is 2. The summed E-state index contributed by atoms with van der Waals surface area (Å²) in [6.07, 6.45) is 1.21. The highest BCUT2D eigenvalue weighted by atomic mass is 32.2. The van der Waals surface area contributed by atoms with Gasteiger partial charge in [0.15, 0.2) is 0 Å². The third kappa shape index (κ3) is 2.48. The van der Waals surface area contributed by atoms with E-state index in [9.17, 15) is 18.0 Å². The zero-order valence-corrected chi connectivity index (χ0v) is 12.6. The van der Waals surface area contributed by atoms with Gasteiger partial charge in [-0.05, 0) is 18.4 Å². The van der Waals surface area contributed by atoms with E-state index in [2.05, 4.69) is 0 Å². The number of rotatable bonds is 4. The van der Waals surface area contributed by atoms with E-state index in [4.69, 9.17) is 4.55 Å². The van der Waals surface area contributed by atoms with Gasteiger partial charge in [-0.15, -0.1) is 0 Å². The van der Waals surface area contributed by atoms with E-state index in [0.717, 1.165) is 5.56 Å². The van der Waals surface area contributed by atoms with Crippen molar-refractivity contribution in [1.82, 2.24) is 9.21 Å². The molecule has 8 heteroatoms. The van der Waals surface area contributed by atoms with Crippen LogP contribution in [0.1, 0.15) is 18.4 Å². The van der Waals surface area contributed by atoms with Gasteiger partial charge < -0.3 is 4.90 Å². The van der Waals surface area contributed by atoms with Crippen molar-refractivity contribution in [2.24, 2.45) is 0 Å². The number of aryl methyl sites for hydroxylation is 1. The molecule has 2 amide bonds. The normalized spacial score (nSPS) is 24.1. The molecule has 0 saturated carbocycles. The van der Waals surface area contributed by atoms with Crippen molar-refractivity contribution >= 4 is 22.1 Å². The minimum Gasteiger partial charge on any atom is -0.328 e. The zero-order valence-electron chi connectivity index (χ0n) is 11.8. The van der Waals surface area contributed by atoms with Crippen molar-refractivity contribution < 1.29 is 22.6 Å². The fourth-order valence-electron chi connectivity index (χ4n) is 3.14. The van der Waals surface area contributed by atoms with Gasteiger partial charge in [-0.25, -0.2) is 4.31 Å². The molecule has 2 heterocycles. The van der Waals surface area contributed by atoms with Crippen molar-refractivity contribution in [3.63, 3.8) is 0 Å². The van der Waals surface area contributed by atoms with Crippen molar-refractivity contribution in [2.75, 3.05) is 6.54 Å². The Morgan fingerprint density at radius 1 is 1.27 bits per heavy atom. The van der Waals surface area contributed by atoms with Crippen LogP contribution in [-0.2, 0) is 26.3 Å². The number of β-lactam (4-membered cyclic amide) rings is 1. The monoisotopic (exact) mass is 324 g/mol. The summed E-state index contributed by atoms with van der Waals surface area (Å²) in [4.78, 5) is 25.6. The Labute approximate surface area is 128 Å². The lowest BCUT2D eigenvalue weighted by Gasteiger charge is -2.42. The highest BCUT2D eigenvalue weighted by molar-refractivity contribution is 7.84. The summed E-state index contributed by atoms with van der Waals surface area (Å²) >= 11 is 0. The number of carbonyl (C=O) groups is 2. The zero-order chi connectivity index (χ0) is 15.9. The summed E-state index contributed by atoms with van der Waals surface area (Å²) in [5.74, 6) is -0.891. The number of fused-ring (bicyclic) bond motifs is 1. The molecule has 0 radical (unpaired) electrons. The standard InChI is InChI=1S/C14H16N2O5S/c17-12(7-6-10-4-2-1-3-5-10)15-9-8-11-13(15)14(18)16(11)22(19,20)21/h1-5,11,13H,6-9H2,(H,19,20,21)/t11-,13-/m1/s1. The van der Waals surface area contributed by atoms with E-state index < -0.39 is 28.3 Å². The molecule has 2 fully saturated rings. The molecule has 118 valence electrons. The molecule has 2 saturated heterocycles. The van der Waals surface area contributed by atoms with E-state index in [-0.39, 0.29) is 12.3 Å². The molecule has 2 aliphatic rings. The van der Waals surface area contributed by atoms with Gasteiger partial charge in [0.05, 0.1) is 6.04 Å². The summed E-state index contributed by atoms with van der Waals surface area (Å²) in [6.45, 7) is 0.334. The van der Waals surface area contributed by atoms with Gasteiger partial charge >= 0.3 is 10.3 Å². The molecule has 3 rings (SSSR count). The predicted octanol–water partition coefficient (Wildman–Crippen LogP) is 0.234. The van der Waals surface area contributed by atoms with Crippen molar-refractivity contribution in [1.29, 1.82) is 0 Å². The Morgan fingerprint density at radius 2 is 1.95 bits per heavy atom. The number of likely N-dealkylation sites (tertiary alicyclic amines) is 1. The Morgan fingerprint density at radius 3 is 2.59 bits per heavy atom. The lowest BCUT2D eigenvalue weighted by atomic mass is 10.00. The number of nitrogens with zero attached hydrogens (tertiary/aromatic N) is 2. The second-order valence-corrected chi connectivity index (χ2v) is 6.77. The van der Waals surface area contributed by atoms with Crippen LogP contribution in [0, 0.1) is 0 Å². The highest BCUT2D eigenvalue weighted by Crippen LogP contribution is 2.35. The minimum absolute atomic E-state index is 0.167. The maximum Gasteiger partial charge on any atom is 0.362 e. The fourth-order valence-corrected chi connectivity index (χ4v) is 4.03. The Balaban J connectivity index is 1.63. The lowest BCUT2D eigenvalue weighted by molar-refractivity contribution is -0.151. The van der Waals surface area contributed by atoms with Crippen LogP contribution in [0.4, 0.5) is 0 Å². The third-order valence-corrected chi connectivity index (χ3v) is 5.12. The molecule has 7 nitrogen and oxygen atoms in total. The van der Waals surface area contributed by atoms with Crippen LogP contribution in [0.2, 0.25) is 0 Å². The molecule has 2 aliphatic heterocycles. The maximum atomic E-state index is 12.3. The number of benzene rings is 1. The quantitative estimate of drug-likeness (QED) is 0.632. The Bertz CT molecular complexity index is 703. The molecule has 1 N–H and O–H groups in total. The summed E-state index contributed by atoms with van der Waals surface area (Å²) in [6, 6.07) is 8.17. The van der Waals surface area contributed by atoms with Crippen LogP contribution in [0.5, 0.6) is 0 Å². The average Bonchev–Trinajstić information content (AvgIpc) is 2.83. The summed E-state index contributed by atoms with van der Waals surface area (Å²) in [7, 11) is -4.53. The van der Waals surface area contributed by atoms with Gasteiger partial charge in [-0.1, -0.05) is 30.3 Å². The topological polar surface area (TPSA) is 95.0 Å². The first kappa shape index (κ1) is 15.0. The first-order valence-electron chi connectivity index (χ1n) is 7.03. The van der Waals surface area contributed by atoms with E-state index in [1.165, 1.54) is 4.90 Å². The smallest absolute Gasteiger partial charge is 0.328 e. The van der Waals surface area contributed by atoms with Gasteiger partial charge in [0.1, 0.15) is 6.04 Å². The van der Waals surface area contributed by atoms with Crippen LogP contribution in [0.15, 0.2) is 30.3 Å². The van der Waals surface area contributed by atoms with Gasteiger partial charge in [0, 0.05) is 13.0 Å². The maximum absolute atomic E-state index is 12.3. The second-order valence-electron chi connectivity index (χ2n) is 5.49. The van der Waals surface area contributed by atoms with Crippen molar-refractivity contribution in [2.45, 2.75) is 31.3 Å². The van der Waals surface area contributed by atoms with Crippen LogP contribution in [-0.4, -0.2) is 52.6 Å². The highest BCUT2D eigenvalue weighted by Gasteiger charge is 2.59. The molecule has 0 aliphatic carbocycles. The lowest BCUT2D eigenvalue weighted by Crippen LogP contribution is -2.68.